The highest BCUT2D eigenvalue weighted by atomic mass is 32.1. The van der Waals surface area contributed by atoms with Crippen LogP contribution in [0.5, 0.6) is 11.5 Å². The van der Waals surface area contributed by atoms with Crippen LogP contribution in [0.3, 0.4) is 0 Å². The van der Waals surface area contributed by atoms with Gasteiger partial charge in [0.1, 0.15) is 0 Å². The molecule has 0 saturated heterocycles. The summed E-state index contributed by atoms with van der Waals surface area (Å²) in [6, 6.07) is 7.54. The zero-order chi connectivity index (χ0) is 25.7. The molecule has 2 amide bonds. The first kappa shape index (κ1) is 29.4. The lowest BCUT2D eigenvalue weighted by molar-refractivity contribution is -0.153. The van der Waals surface area contributed by atoms with Gasteiger partial charge in [0.2, 0.25) is 0 Å². The van der Waals surface area contributed by atoms with Crippen molar-refractivity contribution >= 4 is 23.2 Å². The third-order valence-corrected chi connectivity index (χ3v) is 6.04. The van der Waals surface area contributed by atoms with E-state index in [1.54, 1.807) is 24.5 Å². The molecule has 2 heterocycles. The number of thiophene rings is 1. The van der Waals surface area contributed by atoms with E-state index in [4.69, 9.17) is 9.47 Å². The van der Waals surface area contributed by atoms with E-state index < -0.39 is 24.0 Å². The molecule has 0 radical (unpaired) electrons. The lowest BCUT2D eigenvalue weighted by Crippen LogP contribution is -2.51. The zero-order valence-electron chi connectivity index (χ0n) is 21.0. The molecule has 8 nitrogen and oxygen atoms in total. The summed E-state index contributed by atoms with van der Waals surface area (Å²) in [6.07, 6.45) is -2.47. The van der Waals surface area contributed by atoms with Crippen LogP contribution in [-0.2, 0) is 29.0 Å². The highest BCUT2D eigenvalue weighted by Gasteiger charge is 2.34. The summed E-state index contributed by atoms with van der Waals surface area (Å²) in [5.41, 5.74) is 1.90. The van der Waals surface area contributed by atoms with E-state index in [0.717, 1.165) is 16.0 Å². The number of aliphatic hydroxyl groups is 2. The number of amides is 2. The fourth-order valence-electron chi connectivity index (χ4n) is 3.41. The fraction of sp³-hybridized carbons (Fsp3) is 0.520. The van der Waals surface area contributed by atoms with Crippen molar-refractivity contribution in [1.82, 2.24) is 10.2 Å². The van der Waals surface area contributed by atoms with Crippen LogP contribution in [0.25, 0.3) is 0 Å². The van der Waals surface area contributed by atoms with Gasteiger partial charge in [0.05, 0.1) is 14.2 Å². The first-order chi connectivity index (χ1) is 16.4. The van der Waals surface area contributed by atoms with Crippen LogP contribution in [0, 0.1) is 0 Å². The normalized spacial score (nSPS) is 13.7. The van der Waals surface area contributed by atoms with Crippen LogP contribution in [0.15, 0.2) is 29.6 Å². The lowest BCUT2D eigenvalue weighted by atomic mass is 9.98. The monoisotopic (exact) mass is 494 g/mol. The third-order valence-electron chi connectivity index (χ3n) is 5.10. The van der Waals surface area contributed by atoms with Gasteiger partial charge in [0.25, 0.3) is 11.8 Å². The molecule has 1 aliphatic rings. The molecule has 0 aliphatic carbocycles. The van der Waals surface area contributed by atoms with Crippen LogP contribution in [0.2, 0.25) is 0 Å². The average Bonchev–Trinajstić information content (AvgIpc) is 3.42. The minimum atomic E-state index is -1.83. The van der Waals surface area contributed by atoms with Crippen LogP contribution in [0.1, 0.15) is 43.7 Å². The average molecular weight is 495 g/mol. The number of aliphatic hydroxyl groups excluding tert-OH is 2. The number of rotatable bonds is 8. The van der Waals surface area contributed by atoms with Crippen molar-refractivity contribution in [2.24, 2.45) is 0 Å². The van der Waals surface area contributed by atoms with Crippen molar-refractivity contribution in [3.63, 3.8) is 0 Å². The highest BCUT2D eigenvalue weighted by molar-refractivity contribution is 7.09. The highest BCUT2D eigenvalue weighted by Crippen LogP contribution is 2.33. The number of nitrogens with zero attached hydrogens (tertiary/aromatic N) is 1. The van der Waals surface area contributed by atoms with E-state index in [1.165, 1.54) is 12.0 Å². The van der Waals surface area contributed by atoms with Crippen LogP contribution in [-0.4, -0.2) is 66.4 Å². The Morgan fingerprint density at radius 2 is 1.68 bits per heavy atom. The largest absolute Gasteiger partial charge is 0.493 e. The molecular formula is C25H38N2O6S. The summed E-state index contributed by atoms with van der Waals surface area (Å²) in [4.78, 5) is 27.3. The van der Waals surface area contributed by atoms with Crippen molar-refractivity contribution in [1.29, 1.82) is 0 Å². The molecule has 3 rings (SSSR count). The summed E-state index contributed by atoms with van der Waals surface area (Å²) < 4.78 is 10.6. The van der Waals surface area contributed by atoms with E-state index >= 15 is 0 Å². The summed E-state index contributed by atoms with van der Waals surface area (Å²) >= 11 is 1.57. The van der Waals surface area contributed by atoms with Gasteiger partial charge in [-0.05, 0) is 47.5 Å². The van der Waals surface area contributed by atoms with Crippen LogP contribution < -0.4 is 14.8 Å². The molecule has 2 atom stereocenters. The van der Waals surface area contributed by atoms with Gasteiger partial charge in [0, 0.05) is 24.5 Å². The maximum Gasteiger partial charge on any atom is 0.255 e. The predicted octanol–water partition coefficient (Wildman–Crippen LogP) is 2.78. The molecule has 190 valence electrons. The molecule has 1 aromatic carbocycles. The number of methoxy groups -OCH3 is 2. The van der Waals surface area contributed by atoms with Crippen molar-refractivity contribution in [2.75, 3.05) is 27.3 Å². The maximum atomic E-state index is 12.7. The summed E-state index contributed by atoms with van der Waals surface area (Å²) in [7, 11) is 3.10. The van der Waals surface area contributed by atoms with E-state index in [2.05, 4.69) is 5.32 Å². The smallest absolute Gasteiger partial charge is 0.255 e. The molecule has 2 unspecified atom stereocenters. The summed E-state index contributed by atoms with van der Waals surface area (Å²) in [5, 5.41) is 24.9. The number of fused-ring (bicyclic) bond motifs is 1. The van der Waals surface area contributed by atoms with Gasteiger partial charge in [-0.3, -0.25) is 9.59 Å². The first-order valence-corrected chi connectivity index (χ1v) is 12.5. The molecular weight excluding hydrogens is 456 g/mol. The number of hydrogen-bond acceptors (Lipinski definition) is 7. The van der Waals surface area contributed by atoms with E-state index in [-0.39, 0.29) is 6.54 Å². The van der Waals surface area contributed by atoms with Gasteiger partial charge in [0.15, 0.2) is 23.7 Å². The Hall–Kier alpha value is -2.62. The Balaban J connectivity index is 0.00000137. The minimum absolute atomic E-state index is 0.248. The Labute approximate surface area is 206 Å². The third kappa shape index (κ3) is 7.72. The van der Waals surface area contributed by atoms with Crippen molar-refractivity contribution in [3.05, 3.63) is 45.6 Å². The van der Waals surface area contributed by atoms with Crippen molar-refractivity contribution in [3.8, 4) is 11.5 Å². The first-order valence-electron chi connectivity index (χ1n) is 11.6. The molecule has 3 N–H and O–H groups in total. The topological polar surface area (TPSA) is 108 Å². The van der Waals surface area contributed by atoms with Gasteiger partial charge < -0.3 is 29.9 Å². The van der Waals surface area contributed by atoms with E-state index in [0.29, 0.717) is 37.4 Å². The Morgan fingerprint density at radius 3 is 2.24 bits per heavy atom. The second kappa shape index (κ2) is 15.3. The second-order valence-electron chi connectivity index (χ2n) is 7.00. The zero-order valence-corrected chi connectivity index (χ0v) is 21.8. The number of nitrogens with one attached hydrogen (secondary N) is 1. The van der Waals surface area contributed by atoms with Crippen LogP contribution in [0.4, 0.5) is 0 Å². The van der Waals surface area contributed by atoms with Gasteiger partial charge in [-0.2, -0.15) is 0 Å². The van der Waals surface area contributed by atoms with E-state index in [1.807, 2.05) is 51.3 Å². The number of carbonyl (C=O) groups excluding carboxylic acids is 2. The van der Waals surface area contributed by atoms with Gasteiger partial charge in [-0.1, -0.05) is 33.8 Å². The molecule has 2 aromatic rings. The molecule has 9 heteroatoms. The van der Waals surface area contributed by atoms with Gasteiger partial charge in [-0.25, -0.2) is 0 Å². The second-order valence-corrected chi connectivity index (χ2v) is 8.03. The van der Waals surface area contributed by atoms with Gasteiger partial charge >= 0.3 is 0 Å². The van der Waals surface area contributed by atoms with Gasteiger partial charge in [-0.15, -0.1) is 11.3 Å². The van der Waals surface area contributed by atoms with E-state index in [9.17, 15) is 19.8 Å². The standard InChI is InChI=1S/C21H26N2O6S.2C2H6/c1-28-16-10-13-6-8-23(12-14(13)11-17(16)29-2)21(27)19(25)18(24)20(26)22-7-5-15-4-3-9-30-15;2*1-2/h3-4,9-11,18-19,24-25H,5-8,12H2,1-2H3,(H,22,26);2*1-2H3. The lowest BCUT2D eigenvalue weighted by Gasteiger charge is -2.31. The molecule has 0 spiro atoms. The fourth-order valence-corrected chi connectivity index (χ4v) is 4.11. The van der Waals surface area contributed by atoms with Crippen molar-refractivity contribution in [2.45, 2.75) is 59.3 Å². The number of carbonyl (C=O) groups is 2. The Kier molecular flexibility index (Phi) is 13.2. The Morgan fingerprint density at radius 1 is 1.06 bits per heavy atom. The molecule has 34 heavy (non-hydrogen) atoms. The molecule has 0 bridgehead atoms. The van der Waals surface area contributed by atoms with Crippen molar-refractivity contribution < 1.29 is 29.3 Å². The predicted molar refractivity (Wildman–Crippen MR) is 134 cm³/mol. The van der Waals surface area contributed by atoms with Crippen LogP contribution >= 0.6 is 11.3 Å². The Bertz CT molecular complexity index is 888. The molecule has 0 fully saturated rings. The SMILES string of the molecule is CC.CC.COc1cc2c(cc1OC)CN(C(=O)C(O)C(O)C(=O)NCCc1cccs1)CC2. The number of benzene rings is 1. The quantitative estimate of drug-likeness (QED) is 0.521. The summed E-state index contributed by atoms with van der Waals surface area (Å²) in [6.45, 7) is 8.93. The number of ether oxygens (including phenoxy) is 2. The molecule has 1 aromatic heterocycles. The maximum absolute atomic E-state index is 12.7. The minimum Gasteiger partial charge on any atom is -0.493 e. The number of hydrogen-bond donors (Lipinski definition) is 3. The molecule has 0 saturated carbocycles. The summed E-state index contributed by atoms with van der Waals surface area (Å²) in [5.74, 6) is -0.283. The molecule has 1 aliphatic heterocycles.